The van der Waals surface area contributed by atoms with E-state index in [2.05, 4.69) is 75.2 Å². The van der Waals surface area contributed by atoms with Gasteiger partial charge in [0.1, 0.15) is 23.7 Å². The van der Waals surface area contributed by atoms with Gasteiger partial charge in [0.15, 0.2) is 0 Å². The van der Waals surface area contributed by atoms with Crippen molar-refractivity contribution in [2.45, 2.75) is 115 Å². The molecule has 1 saturated carbocycles. The number of ether oxygens (including phenoxy) is 2. The Kier molecular flexibility index (Phi) is 12.0. The van der Waals surface area contributed by atoms with Crippen LogP contribution in [0.15, 0.2) is 60.8 Å². The lowest BCUT2D eigenvalue weighted by Gasteiger charge is -2.30. The van der Waals surface area contributed by atoms with Crippen LogP contribution >= 0.6 is 0 Å². The van der Waals surface area contributed by atoms with Crippen LogP contribution in [0, 0.1) is 11.8 Å². The van der Waals surface area contributed by atoms with E-state index in [1.54, 1.807) is 0 Å². The molecule has 4 unspecified atom stereocenters. The highest BCUT2D eigenvalue weighted by Crippen LogP contribution is 2.58. The van der Waals surface area contributed by atoms with Crippen molar-refractivity contribution in [3.05, 3.63) is 83.6 Å². The third kappa shape index (κ3) is 7.89. The van der Waals surface area contributed by atoms with Gasteiger partial charge in [-0.3, -0.25) is 9.59 Å². The molecule has 7 atom stereocenters. The summed E-state index contributed by atoms with van der Waals surface area (Å²) in [5, 5.41) is 5.51. The normalized spacial score (nSPS) is 21.5. The third-order valence-electron chi connectivity index (χ3n) is 14.5. The maximum atomic E-state index is 13.9. The van der Waals surface area contributed by atoms with Crippen LogP contribution in [-0.4, -0.2) is 93.1 Å². The Morgan fingerprint density at radius 1 is 0.719 bits per heavy atom. The van der Waals surface area contributed by atoms with Crippen molar-refractivity contribution in [2.75, 3.05) is 27.3 Å². The maximum Gasteiger partial charge on any atom is 0.407 e. The number of hydrogen-bond acceptors (Lipinski definition) is 8. The number of likely N-dealkylation sites (tertiary alicyclic amines) is 2. The number of fused-ring (bicyclic) bond motifs is 6. The topological polar surface area (TPSA) is 175 Å². The molecule has 3 aromatic carbocycles. The van der Waals surface area contributed by atoms with Gasteiger partial charge in [-0.25, -0.2) is 19.6 Å². The van der Waals surface area contributed by atoms with Crippen molar-refractivity contribution in [1.82, 2.24) is 40.4 Å². The summed E-state index contributed by atoms with van der Waals surface area (Å²) in [6.07, 6.45) is 8.25. The van der Waals surface area contributed by atoms with Crippen LogP contribution in [-0.2, 0) is 19.1 Å². The number of imidazole rings is 2. The summed E-state index contributed by atoms with van der Waals surface area (Å²) in [7, 11) is 2.62. The van der Waals surface area contributed by atoms with Gasteiger partial charge < -0.3 is 39.9 Å². The SMILES string of the molecule is CC[C@H](C)C(NC(=O)OC)C(=O)N1CCC[C@H]1c1nc2ccc(-c3ccc(-c4ccc(-c5cnc(C6CCCN6C(=O)[C@@H](NC(=O)OC)C(C)C)[nH]5)cc4)c4c3C3CCC4C3)cc2[nH]1. The molecule has 64 heavy (non-hydrogen) atoms. The van der Waals surface area contributed by atoms with E-state index in [9.17, 15) is 19.2 Å². The smallest absolute Gasteiger partial charge is 0.407 e. The molecule has 4 amide bonds. The van der Waals surface area contributed by atoms with Crippen LogP contribution < -0.4 is 10.6 Å². The lowest BCUT2D eigenvalue weighted by Crippen LogP contribution is -2.51. The fourth-order valence-corrected chi connectivity index (χ4v) is 10.9. The minimum atomic E-state index is -0.685. The zero-order chi connectivity index (χ0) is 44.8. The first kappa shape index (κ1) is 43.1. The van der Waals surface area contributed by atoms with Crippen molar-refractivity contribution < 1.29 is 28.7 Å². The summed E-state index contributed by atoms with van der Waals surface area (Å²) in [5.74, 6) is 2.18. The zero-order valence-electron chi connectivity index (χ0n) is 37.7. The Morgan fingerprint density at radius 2 is 1.28 bits per heavy atom. The minimum absolute atomic E-state index is 0.0529. The Hall–Kier alpha value is -6.18. The van der Waals surface area contributed by atoms with Crippen molar-refractivity contribution in [1.29, 1.82) is 0 Å². The highest BCUT2D eigenvalue weighted by molar-refractivity contribution is 5.89. The van der Waals surface area contributed by atoms with E-state index >= 15 is 0 Å². The van der Waals surface area contributed by atoms with Crippen LogP contribution in [0.4, 0.5) is 9.59 Å². The number of aromatic amines is 2. The van der Waals surface area contributed by atoms with Crippen molar-refractivity contribution >= 4 is 35.0 Å². The number of aromatic nitrogens is 4. The van der Waals surface area contributed by atoms with Gasteiger partial charge in [0.05, 0.1) is 49.2 Å². The van der Waals surface area contributed by atoms with E-state index in [4.69, 9.17) is 19.4 Å². The quantitative estimate of drug-likeness (QED) is 0.0961. The summed E-state index contributed by atoms with van der Waals surface area (Å²) in [6, 6.07) is 18.0. The molecule has 0 spiro atoms. The molecule has 4 aliphatic rings. The van der Waals surface area contributed by atoms with Crippen molar-refractivity contribution in [3.8, 4) is 33.5 Å². The molecular weight excluding hydrogens is 809 g/mol. The summed E-state index contributed by atoms with van der Waals surface area (Å²) in [6.45, 7) is 9.04. The first-order valence-corrected chi connectivity index (χ1v) is 23.1. The van der Waals surface area contributed by atoms with Crippen molar-refractivity contribution in [2.24, 2.45) is 11.8 Å². The molecular formula is C50H60N8O6. The second kappa shape index (κ2) is 17.8. The first-order valence-electron chi connectivity index (χ1n) is 23.1. The van der Waals surface area contributed by atoms with E-state index in [-0.39, 0.29) is 35.7 Å². The molecule has 2 aliphatic carbocycles. The number of hydrogen-bond donors (Lipinski definition) is 4. The average molecular weight is 869 g/mol. The number of amides is 4. The number of H-pyrrole nitrogens is 2. The standard InChI is InChI=1S/C50H60N8O6/c1-7-28(4)44(56-50(62)64-6)48(60)58-23-9-11-40(58)46-52-36-21-18-31(25-37(36)53-46)35-20-19-34(41-32-16-17-33(24-32)42(35)41)29-12-14-30(15-13-29)38-26-51-45(54-38)39-10-8-22-57(39)47(59)43(27(2)3)55-49(61)63-5/h12-15,18-21,25-28,32-33,39-40,43-44H,7-11,16-17,22-24H2,1-6H3,(H,51,54)(H,52,53)(H,55,61)(H,56,62)/t28-,32?,33?,39?,40-,43-,44?/m0/s1. The van der Waals surface area contributed by atoms with Gasteiger partial charge in [-0.15, -0.1) is 0 Å². The molecule has 4 heterocycles. The first-order chi connectivity index (χ1) is 31.0. The Bertz CT molecular complexity index is 2560. The highest BCUT2D eigenvalue weighted by atomic mass is 16.5. The van der Waals surface area contributed by atoms with Gasteiger partial charge in [0.25, 0.3) is 0 Å². The number of benzene rings is 3. The van der Waals surface area contributed by atoms with Crippen molar-refractivity contribution in [3.63, 3.8) is 0 Å². The van der Waals surface area contributed by atoms with Gasteiger partial charge in [-0.2, -0.15) is 0 Å². The predicted octanol–water partition coefficient (Wildman–Crippen LogP) is 9.13. The van der Waals surface area contributed by atoms with E-state index in [1.807, 2.05) is 43.7 Å². The summed E-state index contributed by atoms with van der Waals surface area (Å²) in [5.41, 5.74) is 11.6. The van der Waals surface area contributed by atoms with Crippen LogP contribution in [0.2, 0.25) is 0 Å². The lowest BCUT2D eigenvalue weighted by molar-refractivity contribution is -0.136. The Balaban J connectivity index is 0.948. The predicted molar refractivity (Wildman–Crippen MR) is 244 cm³/mol. The van der Waals surface area contributed by atoms with Gasteiger partial charge in [0, 0.05) is 13.1 Å². The number of carbonyl (C=O) groups is 4. The largest absolute Gasteiger partial charge is 0.453 e. The number of nitrogens with one attached hydrogen (secondary N) is 4. The van der Waals surface area contributed by atoms with E-state index < -0.39 is 24.3 Å². The number of nitrogens with zero attached hydrogens (tertiary/aromatic N) is 4. The molecule has 14 nitrogen and oxygen atoms in total. The van der Waals surface area contributed by atoms with Gasteiger partial charge >= 0.3 is 12.2 Å². The highest BCUT2D eigenvalue weighted by Gasteiger charge is 2.42. The molecule has 14 heteroatoms. The molecule has 5 aromatic rings. The minimum Gasteiger partial charge on any atom is -0.453 e. The molecule has 0 radical (unpaired) electrons. The molecule has 336 valence electrons. The molecule has 9 rings (SSSR count). The molecule has 2 bridgehead atoms. The molecule has 2 saturated heterocycles. The molecule has 2 aromatic heterocycles. The van der Waals surface area contributed by atoms with Gasteiger partial charge in [-0.1, -0.05) is 76.6 Å². The van der Waals surface area contributed by atoms with Crippen LogP contribution in [0.5, 0.6) is 0 Å². The average Bonchev–Trinajstić information content (AvgIpc) is 4.18. The molecule has 2 aliphatic heterocycles. The molecule has 4 N–H and O–H groups in total. The fourth-order valence-electron chi connectivity index (χ4n) is 10.9. The summed E-state index contributed by atoms with van der Waals surface area (Å²) < 4.78 is 9.66. The number of alkyl carbamates (subject to hydrolysis) is 2. The zero-order valence-corrected chi connectivity index (χ0v) is 37.7. The lowest BCUT2D eigenvalue weighted by atomic mass is 9.81. The maximum absolute atomic E-state index is 13.9. The summed E-state index contributed by atoms with van der Waals surface area (Å²) in [4.78, 5) is 72.5. The van der Waals surface area contributed by atoms with Gasteiger partial charge in [-0.05, 0) is 120 Å². The van der Waals surface area contributed by atoms with Crippen LogP contribution in [0.3, 0.4) is 0 Å². The fraction of sp³-hybridized carbons (Fsp3) is 0.480. The van der Waals surface area contributed by atoms with E-state index in [0.29, 0.717) is 24.9 Å². The van der Waals surface area contributed by atoms with Gasteiger partial charge in [0.2, 0.25) is 11.8 Å². The Labute approximate surface area is 374 Å². The second-order valence-corrected chi connectivity index (χ2v) is 18.5. The number of carbonyl (C=O) groups excluding carboxylic acids is 4. The molecule has 3 fully saturated rings. The third-order valence-corrected chi connectivity index (χ3v) is 14.5. The van der Waals surface area contributed by atoms with E-state index in [0.717, 1.165) is 71.6 Å². The number of methoxy groups -OCH3 is 2. The van der Waals surface area contributed by atoms with Crippen LogP contribution in [0.25, 0.3) is 44.5 Å². The summed E-state index contributed by atoms with van der Waals surface area (Å²) >= 11 is 0. The monoisotopic (exact) mass is 868 g/mol. The second-order valence-electron chi connectivity index (χ2n) is 18.5. The number of rotatable bonds is 12. The van der Waals surface area contributed by atoms with Crippen LogP contribution in [0.1, 0.15) is 126 Å². The Morgan fingerprint density at radius 3 is 1.89 bits per heavy atom. The van der Waals surface area contributed by atoms with E-state index in [1.165, 1.54) is 61.3 Å².